The molecule has 2 atom stereocenters. The Morgan fingerprint density at radius 3 is 2.35 bits per heavy atom. The number of hydrogen-bond acceptors (Lipinski definition) is 2. The summed E-state index contributed by atoms with van der Waals surface area (Å²) in [6.07, 6.45) is -10.2. The molecule has 3 rings (SSSR count). The van der Waals surface area contributed by atoms with Crippen LogP contribution in [-0.2, 0) is 12.6 Å². The molecule has 2 aromatic rings. The van der Waals surface area contributed by atoms with Crippen molar-refractivity contribution in [2.75, 3.05) is 0 Å². The summed E-state index contributed by atoms with van der Waals surface area (Å²) < 4.78 is 77.9. The molecule has 0 saturated heterocycles. The van der Waals surface area contributed by atoms with Crippen molar-refractivity contribution in [2.24, 2.45) is 0 Å². The Bertz CT molecular complexity index is 806. The summed E-state index contributed by atoms with van der Waals surface area (Å²) in [4.78, 5) is 16.2. The third-order valence-corrected chi connectivity index (χ3v) is 4.17. The lowest BCUT2D eigenvalue weighted by Gasteiger charge is -2.38. The van der Waals surface area contributed by atoms with Crippen molar-refractivity contribution in [3.63, 3.8) is 0 Å². The number of aromatic nitrogens is 1. The van der Waals surface area contributed by atoms with Gasteiger partial charge in [0.25, 0.3) is 12.3 Å². The molecule has 3 nitrogen and oxygen atoms in total. The minimum atomic E-state index is -4.67. The van der Waals surface area contributed by atoms with Gasteiger partial charge in [-0.25, -0.2) is 13.2 Å². The molecule has 2 unspecified atom stereocenters. The van der Waals surface area contributed by atoms with E-state index in [-0.39, 0.29) is 17.5 Å². The van der Waals surface area contributed by atoms with Gasteiger partial charge in [0.15, 0.2) is 0 Å². The van der Waals surface area contributed by atoms with Crippen molar-refractivity contribution < 1.29 is 31.1 Å². The molecule has 0 bridgehead atoms. The lowest BCUT2D eigenvalue weighted by atomic mass is 9.89. The van der Waals surface area contributed by atoms with Crippen LogP contribution < -0.4 is 0 Å². The Kier molecular flexibility index (Phi) is 4.64. The first-order valence-electron chi connectivity index (χ1n) is 7.56. The van der Waals surface area contributed by atoms with Gasteiger partial charge in [0.1, 0.15) is 5.69 Å². The third kappa shape index (κ3) is 3.25. The first kappa shape index (κ1) is 18.2. The maximum Gasteiger partial charge on any atom is 0.433 e. The molecule has 1 aromatic heterocycles. The number of rotatable bonds is 3. The zero-order chi connectivity index (χ0) is 19.1. The zero-order valence-electron chi connectivity index (χ0n) is 13.1. The minimum Gasteiger partial charge on any atom is -0.296 e. The van der Waals surface area contributed by atoms with E-state index < -0.39 is 36.5 Å². The average Bonchev–Trinajstić information content (AvgIpc) is 2.60. The summed E-state index contributed by atoms with van der Waals surface area (Å²) in [5.74, 6) is -0.940. The number of benzene rings is 1. The highest BCUT2D eigenvalue weighted by molar-refractivity contribution is 5.97. The normalized spacial score (nSPS) is 18.8. The Morgan fingerprint density at radius 1 is 1.08 bits per heavy atom. The van der Waals surface area contributed by atoms with Crippen molar-refractivity contribution in [1.82, 2.24) is 9.88 Å². The molecule has 1 amide bonds. The highest BCUT2D eigenvalue weighted by atomic mass is 19.4. The lowest BCUT2D eigenvalue weighted by molar-refractivity contribution is -0.141. The maximum atomic E-state index is 14.1. The fourth-order valence-electron chi connectivity index (χ4n) is 2.95. The number of halogens is 6. The van der Waals surface area contributed by atoms with E-state index in [0.717, 1.165) is 12.3 Å². The molecule has 138 valence electrons. The van der Waals surface area contributed by atoms with Crippen LogP contribution in [-0.4, -0.2) is 28.5 Å². The predicted molar refractivity (Wildman–Crippen MR) is 79.2 cm³/mol. The van der Waals surface area contributed by atoms with Gasteiger partial charge in [-0.3, -0.25) is 14.7 Å². The van der Waals surface area contributed by atoms with Crippen LogP contribution >= 0.6 is 0 Å². The van der Waals surface area contributed by atoms with Gasteiger partial charge in [-0.05, 0) is 29.7 Å². The van der Waals surface area contributed by atoms with Crippen LogP contribution in [0.5, 0.6) is 0 Å². The van der Waals surface area contributed by atoms with E-state index in [9.17, 15) is 31.1 Å². The van der Waals surface area contributed by atoms with E-state index in [2.05, 4.69) is 4.98 Å². The maximum absolute atomic E-state index is 14.1. The Morgan fingerprint density at radius 2 is 1.77 bits per heavy atom. The molecule has 0 radical (unpaired) electrons. The van der Waals surface area contributed by atoms with Gasteiger partial charge < -0.3 is 0 Å². The number of alkyl halides is 6. The van der Waals surface area contributed by atoms with Gasteiger partial charge in [0.2, 0.25) is 6.30 Å². The summed E-state index contributed by atoms with van der Waals surface area (Å²) in [6.45, 7) is 0. The largest absolute Gasteiger partial charge is 0.433 e. The highest BCUT2D eigenvalue weighted by Gasteiger charge is 2.42. The van der Waals surface area contributed by atoms with Crippen molar-refractivity contribution in [2.45, 2.75) is 31.4 Å². The summed E-state index contributed by atoms with van der Waals surface area (Å²) in [5.41, 5.74) is -0.530. The first-order chi connectivity index (χ1) is 12.2. The summed E-state index contributed by atoms with van der Waals surface area (Å²) >= 11 is 0. The number of hydrogen-bond donors (Lipinski definition) is 0. The Hall–Kier alpha value is -2.58. The number of fused-ring (bicyclic) bond motifs is 1. The number of carbonyl (C=O) groups excluding carboxylic acids is 1. The van der Waals surface area contributed by atoms with Crippen LogP contribution in [0.2, 0.25) is 0 Å². The van der Waals surface area contributed by atoms with Crippen LogP contribution in [0.4, 0.5) is 26.3 Å². The van der Waals surface area contributed by atoms with Gasteiger partial charge in [-0.2, -0.15) is 13.2 Å². The van der Waals surface area contributed by atoms with Crippen LogP contribution in [0.3, 0.4) is 0 Å². The average molecular weight is 374 g/mol. The molecule has 9 heteroatoms. The number of pyridine rings is 1. The van der Waals surface area contributed by atoms with Gasteiger partial charge >= 0.3 is 6.18 Å². The van der Waals surface area contributed by atoms with Crippen LogP contribution in [0.25, 0.3) is 0 Å². The van der Waals surface area contributed by atoms with E-state index >= 15 is 0 Å². The van der Waals surface area contributed by atoms with Gasteiger partial charge in [0, 0.05) is 11.8 Å². The second-order valence-electron chi connectivity index (χ2n) is 5.77. The van der Waals surface area contributed by atoms with E-state index in [1.165, 1.54) is 12.1 Å². The van der Waals surface area contributed by atoms with Crippen molar-refractivity contribution in [3.05, 3.63) is 65.0 Å². The molecule has 0 aliphatic carbocycles. The molecule has 0 fully saturated rings. The molecule has 0 saturated carbocycles. The Balaban J connectivity index is 2.04. The lowest BCUT2D eigenvalue weighted by Crippen LogP contribution is -2.47. The monoisotopic (exact) mass is 374 g/mol. The molecule has 26 heavy (non-hydrogen) atoms. The topological polar surface area (TPSA) is 33.2 Å². The first-order valence-corrected chi connectivity index (χ1v) is 7.56. The molecule has 1 aliphatic heterocycles. The number of carbonyl (C=O) groups is 1. The number of amides is 1. The molecule has 0 N–H and O–H groups in total. The van der Waals surface area contributed by atoms with E-state index in [0.29, 0.717) is 16.5 Å². The van der Waals surface area contributed by atoms with E-state index in [4.69, 9.17) is 0 Å². The standard InChI is InChI=1S/C17H12F6N2O/c18-14(19)15(20)25-12(7-9-3-1-2-4-11(9)16(25)26)10-5-6-13(24-8-10)17(21,22)23/h1-6,8,12,14-15H,7H2. The zero-order valence-corrected chi connectivity index (χ0v) is 13.1. The summed E-state index contributed by atoms with van der Waals surface area (Å²) in [7, 11) is 0. The molecule has 0 spiro atoms. The molecule has 2 heterocycles. The smallest absolute Gasteiger partial charge is 0.296 e. The van der Waals surface area contributed by atoms with Crippen LogP contribution in [0, 0.1) is 0 Å². The highest BCUT2D eigenvalue weighted by Crippen LogP contribution is 2.37. The van der Waals surface area contributed by atoms with Crippen LogP contribution in [0.15, 0.2) is 42.6 Å². The summed E-state index contributed by atoms with van der Waals surface area (Å²) in [6, 6.07) is 6.64. The van der Waals surface area contributed by atoms with Gasteiger partial charge in [0.05, 0.1) is 6.04 Å². The third-order valence-electron chi connectivity index (χ3n) is 4.17. The van der Waals surface area contributed by atoms with Crippen LogP contribution in [0.1, 0.15) is 33.2 Å². The molecule has 1 aromatic carbocycles. The molecular weight excluding hydrogens is 362 g/mol. The second-order valence-corrected chi connectivity index (χ2v) is 5.77. The quantitative estimate of drug-likeness (QED) is 0.589. The molecular formula is C17H12F6N2O. The minimum absolute atomic E-state index is 0.0118. The number of nitrogens with zero attached hydrogens (tertiary/aromatic N) is 2. The van der Waals surface area contributed by atoms with E-state index in [1.54, 1.807) is 12.1 Å². The van der Waals surface area contributed by atoms with Crippen molar-refractivity contribution in [3.8, 4) is 0 Å². The molecule has 1 aliphatic rings. The summed E-state index contributed by atoms with van der Waals surface area (Å²) in [5, 5.41) is 0. The SMILES string of the molecule is O=C1c2ccccc2CC(c2ccc(C(F)(F)F)nc2)N1C(F)C(F)F. The van der Waals surface area contributed by atoms with E-state index in [1.807, 2.05) is 0 Å². The fraction of sp³-hybridized carbons (Fsp3) is 0.294. The predicted octanol–water partition coefficient (Wildman–Crippen LogP) is 4.40. The van der Waals surface area contributed by atoms with Crippen molar-refractivity contribution >= 4 is 5.91 Å². The second kappa shape index (κ2) is 6.62. The fourth-order valence-corrected chi connectivity index (χ4v) is 2.95. The Labute approximate surface area is 144 Å². The van der Waals surface area contributed by atoms with Crippen molar-refractivity contribution in [1.29, 1.82) is 0 Å². The van der Waals surface area contributed by atoms with Gasteiger partial charge in [-0.1, -0.05) is 24.3 Å². The van der Waals surface area contributed by atoms with Gasteiger partial charge in [-0.15, -0.1) is 0 Å².